The molecule has 282 valence electrons. The number of phenolic OH excluding ortho intramolecular Hbond substituents is 1. The number of aromatic hydroxyl groups is 1. The molecule has 0 atom stereocenters. The van der Waals surface area contributed by atoms with Crippen LogP contribution in [0.1, 0.15) is 44.0 Å². The number of hydrogen-bond acceptors (Lipinski definition) is 6. The zero-order chi connectivity index (χ0) is 38.9. The molecule has 0 spiro atoms. The van der Waals surface area contributed by atoms with Crippen molar-refractivity contribution in [1.29, 1.82) is 0 Å². The fourth-order valence-electron chi connectivity index (χ4n) is 6.46. The quantitative estimate of drug-likeness (QED) is 0.106. The Bertz CT molecular complexity index is 2350. The number of fused-ring (bicyclic) bond motifs is 5. The van der Waals surface area contributed by atoms with Gasteiger partial charge in [-0.25, -0.2) is 4.57 Å². The summed E-state index contributed by atoms with van der Waals surface area (Å²) in [6, 6.07) is 23.6. The van der Waals surface area contributed by atoms with Crippen molar-refractivity contribution >= 4 is 44.9 Å². The van der Waals surface area contributed by atoms with Gasteiger partial charge < -0.3 is 19.3 Å². The molecule has 5 aromatic rings. The van der Waals surface area contributed by atoms with Crippen molar-refractivity contribution in [2.24, 2.45) is 7.05 Å². The van der Waals surface area contributed by atoms with Crippen LogP contribution in [0.15, 0.2) is 91.3 Å². The maximum Gasteiger partial charge on any atom is 0.522 e. The van der Waals surface area contributed by atoms with E-state index in [9.17, 15) is 27.9 Å². The molecule has 5 heterocycles. The number of carbonyl (C=O) groups excluding carboxylic acids is 2. The highest BCUT2D eigenvalue weighted by molar-refractivity contribution is 7.86. The summed E-state index contributed by atoms with van der Waals surface area (Å²) in [6.07, 6.45) is 5.40. The van der Waals surface area contributed by atoms with Gasteiger partial charge in [0.1, 0.15) is 17.2 Å². The Morgan fingerprint density at radius 1 is 0.907 bits per heavy atom. The zero-order valence-corrected chi connectivity index (χ0v) is 30.6. The maximum absolute atomic E-state index is 14.6. The Morgan fingerprint density at radius 2 is 1.63 bits per heavy atom. The number of aromatic nitrogens is 2. The van der Waals surface area contributed by atoms with E-state index in [-0.39, 0.29) is 17.6 Å². The van der Waals surface area contributed by atoms with Crippen LogP contribution in [-0.4, -0.2) is 58.0 Å². The first-order valence-electron chi connectivity index (χ1n) is 16.7. The Balaban J connectivity index is 0.000000561. The normalized spacial score (nSPS) is 14.9. The van der Waals surface area contributed by atoms with E-state index >= 15 is 0 Å². The number of pyridine rings is 1. The van der Waals surface area contributed by atoms with Crippen molar-refractivity contribution in [3.8, 4) is 22.8 Å². The lowest BCUT2D eigenvalue weighted by molar-refractivity contribution is -0.696. The second-order valence-corrected chi connectivity index (χ2v) is 14.6. The molecule has 11 nitrogen and oxygen atoms in total. The molecule has 2 aromatic heterocycles. The van der Waals surface area contributed by atoms with Gasteiger partial charge in [0.25, 0.3) is 11.8 Å². The molecule has 3 aliphatic rings. The van der Waals surface area contributed by atoms with Crippen LogP contribution in [0.5, 0.6) is 11.5 Å². The average molecular weight is 784 g/mol. The van der Waals surface area contributed by atoms with Gasteiger partial charge in [0, 0.05) is 71.4 Å². The Labute approximate surface area is 314 Å². The van der Waals surface area contributed by atoms with Gasteiger partial charge in [-0.3, -0.25) is 19.0 Å². The van der Waals surface area contributed by atoms with Gasteiger partial charge in [-0.05, 0) is 79.6 Å². The molecule has 2 amide bonds. The van der Waals surface area contributed by atoms with Crippen molar-refractivity contribution in [3.05, 3.63) is 124 Å². The second-order valence-electron chi connectivity index (χ2n) is 12.7. The number of hydrogen-bond donors (Lipinski definition) is 2. The number of carbonyl (C=O) groups is 2. The number of halogens is 4. The monoisotopic (exact) mass is 783 g/mol. The topological polar surface area (TPSA) is 133 Å². The molecule has 0 radical (unpaired) electrons. The summed E-state index contributed by atoms with van der Waals surface area (Å²) < 4.78 is 67.8. The summed E-state index contributed by atoms with van der Waals surface area (Å²) in [4.78, 5) is 32.3. The maximum atomic E-state index is 14.6. The minimum Gasteiger partial charge on any atom is -0.508 e. The van der Waals surface area contributed by atoms with Crippen LogP contribution in [-0.2, 0) is 36.7 Å². The Kier molecular flexibility index (Phi) is 10.8. The predicted molar refractivity (Wildman–Crippen MR) is 194 cm³/mol. The molecular weight excluding hydrogens is 749 g/mol. The van der Waals surface area contributed by atoms with Gasteiger partial charge in [-0.1, -0.05) is 23.7 Å². The van der Waals surface area contributed by atoms with E-state index in [4.69, 9.17) is 29.3 Å². The van der Waals surface area contributed by atoms with E-state index in [1.165, 1.54) is 0 Å². The van der Waals surface area contributed by atoms with E-state index in [2.05, 4.69) is 10.6 Å². The standard InChI is InChI=1S/C37H33ClN4O4.CHF3O3S/c1-24-32-21-34(39(24)2)33-20-26(38)9-14-31(33)36(44)41-18-15-30-25(22-41)6-3-8-35(30)46-19-5-17-40-16-4-7-28(23-40)42(37(32)45)27-10-12-29(43)13-11-27;2-1(3,4)8(5,6)7/h3-4,6-14,16,20-21,23H,5,15,17-19,22H2,1-2H3;(H,5,6,7)/p+1. The summed E-state index contributed by atoms with van der Waals surface area (Å²) >= 11 is 6.53. The van der Waals surface area contributed by atoms with Gasteiger partial charge in [0.2, 0.25) is 0 Å². The molecule has 8 bridgehead atoms. The molecule has 3 aromatic carbocycles. The highest BCUT2D eigenvalue weighted by Gasteiger charge is 2.44. The van der Waals surface area contributed by atoms with E-state index in [0.29, 0.717) is 71.4 Å². The summed E-state index contributed by atoms with van der Waals surface area (Å²) in [5.74, 6) is 0.641. The number of phenols is 1. The molecule has 0 saturated heterocycles. The lowest BCUT2D eigenvalue weighted by Crippen LogP contribution is -2.37. The minimum absolute atomic E-state index is 0.0932. The Hall–Kier alpha value is -5.38. The highest BCUT2D eigenvalue weighted by atomic mass is 35.5. The number of anilines is 2. The summed E-state index contributed by atoms with van der Waals surface area (Å²) in [5.41, 5.74) is 1.11. The van der Waals surface area contributed by atoms with Crippen LogP contribution in [0, 0.1) is 6.92 Å². The van der Waals surface area contributed by atoms with Gasteiger partial charge in [0.05, 0.1) is 12.2 Å². The van der Waals surface area contributed by atoms with Gasteiger partial charge in [-0.2, -0.15) is 21.6 Å². The number of nitrogens with zero attached hydrogens (tertiary/aromatic N) is 4. The molecule has 0 unspecified atom stereocenters. The van der Waals surface area contributed by atoms with Crippen molar-refractivity contribution < 1.29 is 50.1 Å². The van der Waals surface area contributed by atoms with Gasteiger partial charge in [0.15, 0.2) is 18.9 Å². The highest BCUT2D eigenvalue weighted by Crippen LogP contribution is 2.36. The first kappa shape index (κ1) is 38.3. The number of ether oxygens (including phenoxy) is 1. The third-order valence-electron chi connectivity index (χ3n) is 9.29. The fraction of sp³-hybridized carbons (Fsp3) is 0.237. The number of alkyl halides is 3. The van der Waals surface area contributed by atoms with Gasteiger partial charge >= 0.3 is 15.6 Å². The summed E-state index contributed by atoms with van der Waals surface area (Å²) in [5, 5.41) is 10.5. The third kappa shape index (κ3) is 7.93. The molecule has 2 N–H and O–H groups in total. The largest absolute Gasteiger partial charge is 0.522 e. The van der Waals surface area contributed by atoms with Crippen LogP contribution in [0.25, 0.3) is 11.3 Å². The van der Waals surface area contributed by atoms with Crippen LogP contribution in [0.4, 0.5) is 24.5 Å². The van der Waals surface area contributed by atoms with Crippen molar-refractivity contribution in [2.45, 2.75) is 38.4 Å². The molecular formula is C38H35ClF3N4O7S+. The lowest BCUT2D eigenvalue weighted by Gasteiger charge is -2.30. The molecule has 54 heavy (non-hydrogen) atoms. The molecule has 3 aliphatic heterocycles. The molecule has 8 rings (SSSR count). The van der Waals surface area contributed by atoms with Crippen LogP contribution < -0.4 is 14.2 Å². The number of rotatable bonds is 1. The van der Waals surface area contributed by atoms with E-state index < -0.39 is 15.6 Å². The molecule has 16 heteroatoms. The van der Waals surface area contributed by atoms with Crippen LogP contribution in [0.2, 0.25) is 5.02 Å². The number of aryl methyl sites for hydroxylation is 1. The summed E-state index contributed by atoms with van der Waals surface area (Å²) in [7, 11) is -3.95. The van der Waals surface area contributed by atoms with E-state index in [1.54, 1.807) is 47.4 Å². The Morgan fingerprint density at radius 3 is 2.33 bits per heavy atom. The van der Waals surface area contributed by atoms with Crippen LogP contribution >= 0.6 is 11.6 Å². The first-order chi connectivity index (χ1) is 25.5. The summed E-state index contributed by atoms with van der Waals surface area (Å²) in [6.45, 7) is 4.16. The first-order valence-corrected chi connectivity index (χ1v) is 18.5. The van der Waals surface area contributed by atoms with E-state index in [0.717, 1.165) is 29.0 Å². The minimum atomic E-state index is -5.84. The molecule has 0 aliphatic carbocycles. The number of benzene rings is 3. The average Bonchev–Trinajstić information content (AvgIpc) is 3.43. The smallest absolute Gasteiger partial charge is 0.508 e. The fourth-order valence-corrected chi connectivity index (χ4v) is 6.63. The zero-order valence-electron chi connectivity index (χ0n) is 29.0. The number of amides is 2. The predicted octanol–water partition coefficient (Wildman–Crippen LogP) is 7.00. The van der Waals surface area contributed by atoms with E-state index in [1.807, 2.05) is 66.2 Å². The lowest BCUT2D eigenvalue weighted by atomic mass is 9.96. The molecule has 0 fully saturated rings. The van der Waals surface area contributed by atoms with Crippen LogP contribution in [0.3, 0.4) is 0 Å². The third-order valence-corrected chi connectivity index (χ3v) is 10.1. The SMILES string of the molecule is Cc1c2cc(n1C)-c1cc(Cl)ccc1C(=O)N1CCc3c(cccc3OCCC[n+]3cccc(c3)N(c3ccc(O)cc3)C2=O)C1.O=S(=O)(O)C(F)(F)F. The van der Waals surface area contributed by atoms with Gasteiger partial charge in [-0.15, -0.1) is 0 Å². The second kappa shape index (κ2) is 15.2. The van der Waals surface area contributed by atoms with Crippen molar-refractivity contribution in [3.63, 3.8) is 0 Å². The molecule has 0 saturated carbocycles. The van der Waals surface area contributed by atoms with Crippen molar-refractivity contribution in [1.82, 2.24) is 9.47 Å². The van der Waals surface area contributed by atoms with Crippen molar-refractivity contribution in [2.75, 3.05) is 18.1 Å².